The zero-order chi connectivity index (χ0) is 19.1. The summed E-state index contributed by atoms with van der Waals surface area (Å²) in [6, 6.07) is 3.65. The molecule has 0 radical (unpaired) electrons. The van der Waals surface area contributed by atoms with E-state index >= 15 is 0 Å². The van der Waals surface area contributed by atoms with Crippen molar-refractivity contribution >= 4 is 17.2 Å². The predicted octanol–water partition coefficient (Wildman–Crippen LogP) is 1.62. The third-order valence-corrected chi connectivity index (χ3v) is 5.16. The fourth-order valence-electron chi connectivity index (χ4n) is 3.73. The highest BCUT2D eigenvalue weighted by Gasteiger charge is 2.23. The molecule has 27 heavy (non-hydrogen) atoms. The minimum absolute atomic E-state index is 0.274. The first-order valence-corrected chi connectivity index (χ1v) is 8.86. The summed E-state index contributed by atoms with van der Waals surface area (Å²) in [6.07, 6.45) is 3.44. The Bertz CT molecular complexity index is 1040. The average molecular weight is 366 g/mol. The summed E-state index contributed by atoms with van der Waals surface area (Å²) in [5.41, 5.74) is 4.25. The Labute approximate surface area is 156 Å². The maximum atomic E-state index is 11.9. The summed E-state index contributed by atoms with van der Waals surface area (Å²) in [7, 11) is 1.82. The van der Waals surface area contributed by atoms with E-state index in [1.165, 1.54) is 6.33 Å². The Morgan fingerprint density at radius 2 is 2.07 bits per heavy atom. The molecule has 0 aromatic carbocycles. The summed E-state index contributed by atoms with van der Waals surface area (Å²) >= 11 is 0. The fourth-order valence-corrected chi connectivity index (χ4v) is 3.73. The SMILES string of the molecule is C=C(c1c(C)c(C(=O)O)cc2c(-c3ncnn3C)ccn12)N1CCNCC1. The minimum atomic E-state index is -0.950. The molecule has 1 aliphatic rings. The second kappa shape index (κ2) is 6.55. The van der Waals surface area contributed by atoms with Crippen LogP contribution in [0.4, 0.5) is 0 Å². The number of hydrogen-bond donors (Lipinski definition) is 2. The molecular formula is C19H22N6O2. The van der Waals surface area contributed by atoms with Gasteiger partial charge in [-0.3, -0.25) is 0 Å². The van der Waals surface area contributed by atoms with Crippen LogP contribution in [0.15, 0.2) is 31.2 Å². The Morgan fingerprint density at radius 3 is 2.70 bits per heavy atom. The van der Waals surface area contributed by atoms with Crippen LogP contribution in [0.1, 0.15) is 21.6 Å². The van der Waals surface area contributed by atoms with Crippen molar-refractivity contribution in [2.45, 2.75) is 6.92 Å². The zero-order valence-electron chi connectivity index (χ0n) is 15.4. The van der Waals surface area contributed by atoms with Crippen molar-refractivity contribution in [3.63, 3.8) is 0 Å². The molecule has 0 spiro atoms. The third-order valence-electron chi connectivity index (χ3n) is 5.16. The van der Waals surface area contributed by atoms with Crippen LogP contribution in [0, 0.1) is 6.92 Å². The molecule has 4 heterocycles. The van der Waals surface area contributed by atoms with E-state index in [-0.39, 0.29) is 5.56 Å². The third kappa shape index (κ3) is 2.78. The van der Waals surface area contributed by atoms with Gasteiger partial charge in [0.1, 0.15) is 6.33 Å². The summed E-state index contributed by atoms with van der Waals surface area (Å²) in [6.45, 7) is 9.59. The number of aromatic carboxylic acids is 1. The molecule has 8 heteroatoms. The number of aromatic nitrogens is 4. The molecule has 3 aromatic rings. The molecule has 1 fully saturated rings. The van der Waals surface area contributed by atoms with Crippen molar-refractivity contribution in [1.82, 2.24) is 29.4 Å². The van der Waals surface area contributed by atoms with Gasteiger partial charge in [-0.1, -0.05) is 6.58 Å². The van der Waals surface area contributed by atoms with Crippen LogP contribution in [0.2, 0.25) is 0 Å². The molecule has 0 atom stereocenters. The highest BCUT2D eigenvalue weighted by atomic mass is 16.4. The van der Waals surface area contributed by atoms with Gasteiger partial charge in [0.15, 0.2) is 5.82 Å². The largest absolute Gasteiger partial charge is 0.478 e. The molecular weight excluding hydrogens is 344 g/mol. The number of hydrogen-bond acceptors (Lipinski definition) is 5. The first kappa shape index (κ1) is 17.3. The van der Waals surface area contributed by atoms with Gasteiger partial charge in [0, 0.05) is 45.0 Å². The van der Waals surface area contributed by atoms with Crippen LogP contribution in [0.5, 0.6) is 0 Å². The average Bonchev–Trinajstić information content (AvgIpc) is 3.26. The highest BCUT2D eigenvalue weighted by molar-refractivity contribution is 5.94. The van der Waals surface area contributed by atoms with Crippen molar-refractivity contribution in [3.8, 4) is 11.4 Å². The van der Waals surface area contributed by atoms with Gasteiger partial charge in [0.2, 0.25) is 0 Å². The molecule has 3 aromatic heterocycles. The number of carbonyl (C=O) groups is 1. The van der Waals surface area contributed by atoms with Crippen molar-refractivity contribution in [1.29, 1.82) is 0 Å². The van der Waals surface area contributed by atoms with E-state index in [0.29, 0.717) is 11.4 Å². The topological polar surface area (TPSA) is 87.7 Å². The fraction of sp³-hybridized carbons (Fsp3) is 0.316. The number of carboxylic acid groups (broad SMARTS) is 1. The second-order valence-corrected chi connectivity index (χ2v) is 6.71. The van der Waals surface area contributed by atoms with Gasteiger partial charge in [-0.05, 0) is 24.6 Å². The number of rotatable bonds is 4. The zero-order valence-corrected chi connectivity index (χ0v) is 15.4. The van der Waals surface area contributed by atoms with Gasteiger partial charge >= 0.3 is 5.97 Å². The van der Waals surface area contributed by atoms with Gasteiger partial charge in [-0.15, -0.1) is 0 Å². The Morgan fingerprint density at radius 1 is 1.33 bits per heavy atom. The van der Waals surface area contributed by atoms with Gasteiger partial charge in [-0.25, -0.2) is 14.5 Å². The molecule has 1 aliphatic heterocycles. The van der Waals surface area contributed by atoms with E-state index < -0.39 is 5.97 Å². The molecule has 0 bridgehead atoms. The van der Waals surface area contributed by atoms with Crippen molar-refractivity contribution in [2.75, 3.05) is 26.2 Å². The maximum Gasteiger partial charge on any atom is 0.336 e. The quantitative estimate of drug-likeness (QED) is 0.730. The number of nitrogens with one attached hydrogen (secondary N) is 1. The standard InChI is InChI=1S/C19H22N6O2/c1-12-15(19(26)27)10-16-14(18-21-11-22-23(18)3)4-7-25(16)17(12)13(2)24-8-5-20-6-9-24/h4,7,10-11,20H,2,5-6,8-9H2,1,3H3,(H,26,27). The maximum absolute atomic E-state index is 11.9. The highest BCUT2D eigenvalue weighted by Crippen LogP contribution is 2.31. The number of nitrogens with zero attached hydrogens (tertiary/aromatic N) is 5. The van der Waals surface area contributed by atoms with E-state index in [1.807, 2.05) is 30.6 Å². The Hall–Kier alpha value is -3.13. The van der Waals surface area contributed by atoms with E-state index in [4.69, 9.17) is 0 Å². The summed E-state index contributed by atoms with van der Waals surface area (Å²) in [5, 5.41) is 17.2. The summed E-state index contributed by atoms with van der Waals surface area (Å²) in [4.78, 5) is 18.4. The van der Waals surface area contributed by atoms with Gasteiger partial charge in [0.25, 0.3) is 0 Å². The number of fused-ring (bicyclic) bond motifs is 1. The van der Waals surface area contributed by atoms with Gasteiger partial charge in [0.05, 0.1) is 22.5 Å². The molecule has 1 saturated heterocycles. The molecule has 0 saturated carbocycles. The lowest BCUT2D eigenvalue weighted by Crippen LogP contribution is -2.42. The van der Waals surface area contributed by atoms with Gasteiger partial charge < -0.3 is 19.7 Å². The molecule has 8 nitrogen and oxygen atoms in total. The molecule has 4 rings (SSSR count). The monoisotopic (exact) mass is 366 g/mol. The Balaban J connectivity index is 1.95. The smallest absolute Gasteiger partial charge is 0.336 e. The lowest BCUT2D eigenvalue weighted by atomic mass is 10.0. The molecule has 0 aliphatic carbocycles. The predicted molar refractivity (Wildman–Crippen MR) is 103 cm³/mol. The number of aryl methyl sites for hydroxylation is 1. The van der Waals surface area contributed by atoms with Crippen LogP contribution < -0.4 is 5.32 Å². The van der Waals surface area contributed by atoms with Gasteiger partial charge in [-0.2, -0.15) is 5.10 Å². The van der Waals surface area contributed by atoms with E-state index in [2.05, 4.69) is 26.9 Å². The summed E-state index contributed by atoms with van der Waals surface area (Å²) < 4.78 is 3.69. The molecule has 0 unspecified atom stereocenters. The number of carboxylic acids is 1. The summed E-state index contributed by atoms with van der Waals surface area (Å²) in [5.74, 6) is -0.258. The van der Waals surface area contributed by atoms with Crippen LogP contribution in [-0.2, 0) is 7.05 Å². The van der Waals surface area contributed by atoms with Crippen molar-refractivity contribution < 1.29 is 9.90 Å². The second-order valence-electron chi connectivity index (χ2n) is 6.71. The van der Waals surface area contributed by atoms with E-state index in [0.717, 1.165) is 48.7 Å². The molecule has 0 amide bonds. The van der Waals surface area contributed by atoms with Crippen molar-refractivity contribution in [3.05, 3.63) is 48.1 Å². The normalized spacial score (nSPS) is 14.7. The minimum Gasteiger partial charge on any atom is -0.478 e. The lowest BCUT2D eigenvalue weighted by Gasteiger charge is -2.32. The molecule has 140 valence electrons. The van der Waals surface area contributed by atoms with Crippen LogP contribution in [0.3, 0.4) is 0 Å². The molecule has 2 N–H and O–H groups in total. The number of pyridine rings is 1. The Kier molecular flexibility index (Phi) is 4.19. The lowest BCUT2D eigenvalue weighted by molar-refractivity contribution is 0.0696. The first-order valence-electron chi connectivity index (χ1n) is 8.86. The van der Waals surface area contributed by atoms with Crippen molar-refractivity contribution in [2.24, 2.45) is 7.05 Å². The number of piperazine rings is 1. The van der Waals surface area contributed by atoms with Crippen LogP contribution >= 0.6 is 0 Å². The first-order chi connectivity index (χ1) is 13.0. The van der Waals surface area contributed by atoms with Crippen LogP contribution in [-0.4, -0.2) is 61.3 Å². The van der Waals surface area contributed by atoms with E-state index in [1.54, 1.807) is 10.7 Å². The van der Waals surface area contributed by atoms with Crippen LogP contribution in [0.25, 0.3) is 22.6 Å². The van der Waals surface area contributed by atoms with E-state index in [9.17, 15) is 9.90 Å².